The quantitative estimate of drug-likeness (QED) is 0.107. The molecule has 5 heterocycles. The first-order chi connectivity index (χ1) is 44.4. The van der Waals surface area contributed by atoms with Crippen molar-refractivity contribution in [2.75, 3.05) is 26.2 Å². The van der Waals surface area contributed by atoms with Gasteiger partial charge in [-0.2, -0.15) is 0 Å². The second-order valence-electron chi connectivity index (χ2n) is 24.5. The minimum absolute atomic E-state index is 0.0350. The monoisotopic (exact) mass is 1310 g/mol. The number of nitrogens with zero attached hydrogens (tertiary/aromatic N) is 1. The summed E-state index contributed by atoms with van der Waals surface area (Å²) in [5.74, 6) is -12.0. The van der Waals surface area contributed by atoms with E-state index in [0.717, 1.165) is 10.8 Å². The molecule has 0 spiro atoms. The lowest BCUT2D eigenvalue weighted by Gasteiger charge is -2.31. The number of hydrogen-bond acceptors (Lipinski definition) is 14. The third-order valence-electron chi connectivity index (χ3n) is 16.6. The molecule has 3 aromatic carbocycles. The van der Waals surface area contributed by atoms with Crippen molar-refractivity contribution < 1.29 is 67.1 Å². The highest BCUT2D eigenvalue weighted by Crippen LogP contribution is 2.23. The number of amides is 14. The smallest absolute Gasteiger partial charge is 0.245 e. The van der Waals surface area contributed by atoms with E-state index in [9.17, 15) is 57.5 Å². The summed E-state index contributed by atoms with van der Waals surface area (Å²) in [6, 6.07) is 4.41. The molecule has 29 heteroatoms. The SMILES string of the molecule is CC(=O)N[C@@H]1CCC(=O)NCCCC[C@H](C(=O)N[C@H]2CC(=O)NCC(C(N)=O)NC(=O)[C@@H]3CCCN3C(=O)[C@@H]3CCCCNC(=O)CC[C@H](NC2=O)C(=O)N[C@H](Cc2ccc4ccccc4c2)C(=O)N[C@@H](CC(C)C)C(=O)N3)NC(=O)[C@@H](Cc2ccc(Cl)cc2)NC1=O. The Morgan fingerprint density at radius 2 is 1.13 bits per heavy atom. The van der Waals surface area contributed by atoms with Gasteiger partial charge in [0.15, 0.2) is 0 Å². The highest BCUT2D eigenvalue weighted by molar-refractivity contribution is 6.30. The van der Waals surface area contributed by atoms with E-state index < -0.39 is 169 Å². The number of halogens is 1. The van der Waals surface area contributed by atoms with Crippen molar-refractivity contribution in [2.24, 2.45) is 11.7 Å². The fourth-order valence-electron chi connectivity index (χ4n) is 11.6. The minimum atomic E-state index is -1.96. The molecule has 1 unspecified atom stereocenters. The fourth-order valence-corrected chi connectivity index (χ4v) is 11.7. The van der Waals surface area contributed by atoms with Crippen molar-refractivity contribution in [3.8, 4) is 0 Å². The van der Waals surface area contributed by atoms with Gasteiger partial charge in [0, 0.05) is 63.8 Å². The molecule has 93 heavy (non-hydrogen) atoms. The third kappa shape index (κ3) is 21.7. The summed E-state index contributed by atoms with van der Waals surface area (Å²) in [4.78, 5) is 200. The van der Waals surface area contributed by atoms with E-state index in [1.165, 1.54) is 11.8 Å². The molecule has 8 rings (SSSR count). The van der Waals surface area contributed by atoms with Crippen molar-refractivity contribution in [1.82, 2.24) is 68.7 Å². The van der Waals surface area contributed by atoms with Gasteiger partial charge in [-0.25, -0.2) is 0 Å². The number of carbonyl (C=O) groups is 14. The molecule has 10 atom stereocenters. The normalized spacial score (nSPS) is 26.2. The summed E-state index contributed by atoms with van der Waals surface area (Å²) >= 11 is 6.17. The Morgan fingerprint density at radius 1 is 0.548 bits per heavy atom. The lowest BCUT2D eigenvalue weighted by Crippen LogP contribution is -2.61. The van der Waals surface area contributed by atoms with Crippen molar-refractivity contribution in [3.05, 3.63) is 82.9 Å². The van der Waals surface area contributed by atoms with Gasteiger partial charge < -0.3 is 74.4 Å². The summed E-state index contributed by atoms with van der Waals surface area (Å²) in [5.41, 5.74) is 6.86. The molecule has 0 aromatic heterocycles. The third-order valence-corrected chi connectivity index (χ3v) is 16.9. The standard InChI is InChI=1S/C64H85ClN14O14/c1-35(2)29-46-59(88)73-45-14-7-9-27-68-53(82)25-23-44(58(87)76-48(61(90)74-46)32-38-16-19-39-11-4-5-12-40(39)30-38)72-62(91)49(33-54(83)69-34-50(55(66)84)78-63(92)51-15-10-28-79(51)64(45)93)77-56(85)42-13-6-8-26-67-52(81)24-22-43(70-36(3)80)57(86)75-47(60(89)71-42)31-37-17-20-41(65)21-18-37/h4-5,11-12,16-21,30,35,42-51H,6-10,13-15,22-29,31-34H2,1-3H3,(H2,66,84)(H,67,81)(H,68,82)(H,69,83)(H,70,80)(H,71,89)(H,72,91)(H,73,88)(H,74,90)(H,75,86)(H,76,87)(H,77,85)(H,78,92)/t42-,43-,44+,45+,46+,47-,48-,49+,50?,51+/m1/s1. The van der Waals surface area contributed by atoms with E-state index >= 15 is 9.59 Å². The van der Waals surface area contributed by atoms with Gasteiger partial charge in [-0.15, -0.1) is 0 Å². The first-order valence-corrected chi connectivity index (χ1v) is 32.1. The van der Waals surface area contributed by atoms with E-state index in [1.54, 1.807) is 30.3 Å². The fraction of sp³-hybridized carbons (Fsp3) is 0.531. The van der Waals surface area contributed by atoms with Crippen LogP contribution in [0.1, 0.15) is 122 Å². The molecule has 5 aliphatic rings. The molecule has 0 aliphatic carbocycles. The molecule has 0 radical (unpaired) electrons. The van der Waals surface area contributed by atoms with E-state index in [2.05, 4.69) is 63.8 Å². The first kappa shape index (κ1) is 71.2. The maximum atomic E-state index is 15.1. The molecule has 14 N–H and O–H groups in total. The summed E-state index contributed by atoms with van der Waals surface area (Å²) in [7, 11) is 0. The highest BCUT2D eigenvalue weighted by Gasteiger charge is 2.41. The maximum Gasteiger partial charge on any atom is 0.245 e. The second-order valence-corrected chi connectivity index (χ2v) is 24.9. The average molecular weight is 1310 g/mol. The Morgan fingerprint density at radius 3 is 1.81 bits per heavy atom. The summed E-state index contributed by atoms with van der Waals surface area (Å²) in [5, 5.41) is 33.9. The Balaban J connectivity index is 1.29. The van der Waals surface area contributed by atoms with Crippen LogP contribution in [0, 0.1) is 5.92 Å². The van der Waals surface area contributed by atoms with E-state index in [-0.39, 0.29) is 103 Å². The van der Waals surface area contributed by atoms with Crippen LogP contribution >= 0.6 is 11.6 Å². The molecule has 28 nitrogen and oxygen atoms in total. The maximum absolute atomic E-state index is 15.1. The first-order valence-electron chi connectivity index (χ1n) is 31.7. The molecule has 5 fully saturated rings. The zero-order chi connectivity index (χ0) is 67.3. The zero-order valence-electron chi connectivity index (χ0n) is 52.5. The van der Waals surface area contributed by atoms with Crippen LogP contribution in [0.2, 0.25) is 5.02 Å². The Kier molecular flexibility index (Phi) is 26.4. The number of nitrogens with one attached hydrogen (secondary N) is 12. The molecular weight excluding hydrogens is 1220 g/mol. The van der Waals surface area contributed by atoms with Crippen LogP contribution < -0.4 is 69.5 Å². The van der Waals surface area contributed by atoms with Gasteiger partial charge in [-0.05, 0) is 111 Å². The Bertz CT molecular complexity index is 3280. The van der Waals surface area contributed by atoms with Crippen LogP contribution in [0.25, 0.3) is 10.8 Å². The van der Waals surface area contributed by atoms with Crippen LogP contribution in [0.15, 0.2) is 66.7 Å². The van der Waals surface area contributed by atoms with Crippen molar-refractivity contribution in [3.63, 3.8) is 0 Å². The van der Waals surface area contributed by atoms with Crippen molar-refractivity contribution in [2.45, 2.75) is 184 Å². The molecule has 502 valence electrons. The molecule has 5 aliphatic heterocycles. The van der Waals surface area contributed by atoms with Crippen molar-refractivity contribution in [1.29, 1.82) is 0 Å². The van der Waals surface area contributed by atoms with Crippen LogP contribution in [-0.4, -0.2) is 174 Å². The molecule has 14 amide bonds. The largest absolute Gasteiger partial charge is 0.368 e. The molecule has 3 aromatic rings. The molecule has 0 saturated carbocycles. The van der Waals surface area contributed by atoms with E-state index in [0.29, 0.717) is 22.6 Å². The van der Waals surface area contributed by atoms with Gasteiger partial charge in [0.2, 0.25) is 82.7 Å². The van der Waals surface area contributed by atoms with Gasteiger partial charge in [0.05, 0.1) is 6.42 Å². The Hall–Kier alpha value is -9.21. The number of carbonyl (C=O) groups excluding carboxylic acids is 14. The van der Waals surface area contributed by atoms with Gasteiger partial charge >= 0.3 is 0 Å². The molecule has 2 bridgehead atoms. The zero-order valence-corrected chi connectivity index (χ0v) is 53.2. The Labute approximate surface area is 543 Å². The van der Waals surface area contributed by atoms with Crippen LogP contribution in [0.4, 0.5) is 0 Å². The van der Waals surface area contributed by atoms with Crippen LogP contribution in [0.5, 0.6) is 0 Å². The molecule has 5 saturated heterocycles. The minimum Gasteiger partial charge on any atom is -0.368 e. The van der Waals surface area contributed by atoms with Gasteiger partial charge in [-0.1, -0.05) is 80.0 Å². The summed E-state index contributed by atoms with van der Waals surface area (Å²) < 4.78 is 0. The number of nitrogens with two attached hydrogens (primary N) is 1. The second kappa shape index (κ2) is 34.5. The van der Waals surface area contributed by atoms with Gasteiger partial charge in [0.25, 0.3) is 0 Å². The van der Waals surface area contributed by atoms with E-state index in [1.807, 2.05) is 50.2 Å². The number of primary amides is 1. The van der Waals surface area contributed by atoms with Crippen molar-refractivity contribution >= 4 is 105 Å². The predicted molar refractivity (Wildman–Crippen MR) is 339 cm³/mol. The molecular formula is C64H85ClN14O14. The van der Waals surface area contributed by atoms with E-state index in [4.69, 9.17) is 17.3 Å². The highest BCUT2D eigenvalue weighted by atomic mass is 35.5. The number of fused-ring (bicyclic) bond motifs is 24. The average Bonchev–Trinajstić information content (AvgIpc) is 2.17. The van der Waals surface area contributed by atoms with Gasteiger partial charge in [0.1, 0.15) is 60.4 Å². The lowest BCUT2D eigenvalue weighted by atomic mass is 9.98. The van der Waals surface area contributed by atoms with Gasteiger partial charge in [-0.3, -0.25) is 67.1 Å². The number of benzene rings is 3. The predicted octanol–water partition coefficient (Wildman–Crippen LogP) is -1.14. The topological polar surface area (TPSA) is 413 Å². The summed E-state index contributed by atoms with van der Waals surface area (Å²) in [6.07, 6.45) is -1.07. The van der Waals surface area contributed by atoms with Crippen LogP contribution in [-0.2, 0) is 80.0 Å². The summed E-state index contributed by atoms with van der Waals surface area (Å²) in [6.45, 7) is 4.38. The van der Waals surface area contributed by atoms with Crippen LogP contribution in [0.3, 0.4) is 0 Å². The lowest BCUT2D eigenvalue weighted by molar-refractivity contribution is -0.142. The number of hydrogen-bond donors (Lipinski definition) is 13. The number of rotatable bonds is 10.